The predicted molar refractivity (Wildman–Crippen MR) is 75.6 cm³/mol. The molecule has 0 amide bonds. The molecule has 1 aromatic carbocycles. The summed E-state index contributed by atoms with van der Waals surface area (Å²) < 4.78 is 10.7. The number of fused-ring (bicyclic) bond motifs is 1. The Bertz CT molecular complexity index is 815. The lowest BCUT2D eigenvalue weighted by atomic mass is 10.1. The van der Waals surface area contributed by atoms with Crippen molar-refractivity contribution in [1.82, 2.24) is 20.2 Å². The van der Waals surface area contributed by atoms with Gasteiger partial charge in [-0.3, -0.25) is 5.10 Å². The zero-order valence-corrected chi connectivity index (χ0v) is 10.9. The molecule has 3 aromatic rings. The Morgan fingerprint density at radius 2 is 2.05 bits per heavy atom. The third kappa shape index (κ3) is 1.95. The Labute approximate surface area is 119 Å². The quantitative estimate of drug-likeness (QED) is 0.743. The van der Waals surface area contributed by atoms with E-state index in [0.29, 0.717) is 5.69 Å². The Morgan fingerprint density at radius 1 is 1.14 bits per heavy atom. The van der Waals surface area contributed by atoms with Crippen LogP contribution in [0.5, 0.6) is 11.5 Å². The number of ether oxygens (including phenoxy) is 2. The minimum absolute atomic E-state index is 0.227. The van der Waals surface area contributed by atoms with Crippen LogP contribution in [0, 0.1) is 0 Å². The zero-order valence-electron chi connectivity index (χ0n) is 10.9. The molecule has 3 heterocycles. The highest BCUT2D eigenvalue weighted by molar-refractivity contribution is 5.79. The van der Waals surface area contributed by atoms with Crippen LogP contribution in [-0.4, -0.2) is 27.0 Å². The summed E-state index contributed by atoms with van der Waals surface area (Å²) in [6, 6.07) is 7.51. The average molecular weight is 281 g/mol. The summed E-state index contributed by atoms with van der Waals surface area (Å²) in [5.41, 5.74) is 8.97. The molecule has 21 heavy (non-hydrogen) atoms. The first-order chi connectivity index (χ1) is 10.3. The van der Waals surface area contributed by atoms with E-state index in [1.54, 1.807) is 18.5 Å². The normalized spacial score (nSPS) is 12.6. The smallest absolute Gasteiger partial charge is 0.231 e. The molecule has 2 aromatic heterocycles. The van der Waals surface area contributed by atoms with Gasteiger partial charge in [-0.05, 0) is 24.3 Å². The van der Waals surface area contributed by atoms with Gasteiger partial charge in [0.1, 0.15) is 0 Å². The summed E-state index contributed by atoms with van der Waals surface area (Å²) in [7, 11) is 0. The molecule has 7 nitrogen and oxygen atoms in total. The molecule has 0 atom stereocenters. The summed E-state index contributed by atoms with van der Waals surface area (Å²) in [6.45, 7) is 0.247. The molecule has 0 radical (unpaired) electrons. The minimum atomic E-state index is 0.227. The molecule has 4 rings (SSSR count). The van der Waals surface area contributed by atoms with Crippen LogP contribution < -0.4 is 15.2 Å². The molecular formula is C14H11N5O2. The Morgan fingerprint density at radius 3 is 2.95 bits per heavy atom. The van der Waals surface area contributed by atoms with Gasteiger partial charge in [0.05, 0.1) is 17.6 Å². The van der Waals surface area contributed by atoms with Gasteiger partial charge in [0, 0.05) is 17.3 Å². The van der Waals surface area contributed by atoms with E-state index < -0.39 is 0 Å². The van der Waals surface area contributed by atoms with Gasteiger partial charge in [0.15, 0.2) is 11.5 Å². The molecule has 0 unspecified atom stereocenters. The van der Waals surface area contributed by atoms with Crippen molar-refractivity contribution in [2.45, 2.75) is 0 Å². The maximum absolute atomic E-state index is 5.64. The molecule has 0 spiro atoms. The van der Waals surface area contributed by atoms with Gasteiger partial charge in [0.25, 0.3) is 0 Å². The van der Waals surface area contributed by atoms with Crippen LogP contribution in [0.4, 0.5) is 5.95 Å². The second kappa shape index (κ2) is 4.48. The van der Waals surface area contributed by atoms with Crippen LogP contribution >= 0.6 is 0 Å². The van der Waals surface area contributed by atoms with E-state index in [2.05, 4.69) is 20.2 Å². The third-order valence-electron chi connectivity index (χ3n) is 3.25. The van der Waals surface area contributed by atoms with Gasteiger partial charge >= 0.3 is 0 Å². The van der Waals surface area contributed by atoms with Gasteiger partial charge in [-0.2, -0.15) is 5.10 Å². The fourth-order valence-electron chi connectivity index (χ4n) is 2.28. The number of hydrogen-bond donors (Lipinski definition) is 2. The first-order valence-corrected chi connectivity index (χ1v) is 6.33. The highest BCUT2D eigenvalue weighted by Gasteiger charge is 2.17. The van der Waals surface area contributed by atoms with Crippen molar-refractivity contribution in [2.24, 2.45) is 0 Å². The van der Waals surface area contributed by atoms with Crippen LogP contribution in [0.1, 0.15) is 0 Å². The van der Waals surface area contributed by atoms with Crippen LogP contribution in [0.25, 0.3) is 22.5 Å². The molecule has 0 saturated heterocycles. The van der Waals surface area contributed by atoms with Crippen molar-refractivity contribution >= 4 is 5.95 Å². The van der Waals surface area contributed by atoms with E-state index in [0.717, 1.165) is 28.3 Å². The predicted octanol–water partition coefficient (Wildman–Crippen LogP) is 1.84. The molecule has 0 aliphatic carbocycles. The largest absolute Gasteiger partial charge is 0.454 e. The molecular weight excluding hydrogens is 270 g/mol. The first kappa shape index (κ1) is 11.7. The number of aromatic nitrogens is 4. The number of nitrogens with one attached hydrogen (secondary N) is 1. The monoisotopic (exact) mass is 281 g/mol. The maximum Gasteiger partial charge on any atom is 0.231 e. The fraction of sp³-hybridized carbons (Fsp3) is 0.0714. The lowest BCUT2D eigenvalue weighted by molar-refractivity contribution is 0.174. The summed E-state index contributed by atoms with van der Waals surface area (Å²) in [6.07, 6.45) is 3.33. The highest BCUT2D eigenvalue weighted by Crippen LogP contribution is 2.37. The Kier molecular flexibility index (Phi) is 2.50. The number of nitrogens with two attached hydrogens (primary N) is 1. The zero-order chi connectivity index (χ0) is 14.2. The molecule has 104 valence electrons. The summed E-state index contributed by atoms with van der Waals surface area (Å²) in [5.74, 6) is 1.69. The van der Waals surface area contributed by atoms with Crippen LogP contribution in [0.15, 0.2) is 36.7 Å². The molecule has 1 aliphatic rings. The lowest BCUT2D eigenvalue weighted by Crippen LogP contribution is -1.95. The molecule has 7 heteroatoms. The maximum atomic E-state index is 5.64. The van der Waals surface area contributed by atoms with Gasteiger partial charge in [0.2, 0.25) is 12.7 Å². The van der Waals surface area contributed by atoms with Crippen molar-refractivity contribution in [3.8, 4) is 34.0 Å². The molecule has 0 fully saturated rings. The summed E-state index contributed by atoms with van der Waals surface area (Å²) >= 11 is 0. The van der Waals surface area contributed by atoms with Gasteiger partial charge in [-0.1, -0.05) is 0 Å². The highest BCUT2D eigenvalue weighted by atomic mass is 16.7. The second-order valence-electron chi connectivity index (χ2n) is 4.53. The fourth-order valence-corrected chi connectivity index (χ4v) is 2.28. The van der Waals surface area contributed by atoms with Gasteiger partial charge < -0.3 is 15.2 Å². The number of rotatable bonds is 2. The summed E-state index contributed by atoms with van der Waals surface area (Å²) in [5, 5.41) is 7.08. The van der Waals surface area contributed by atoms with Crippen molar-refractivity contribution in [1.29, 1.82) is 0 Å². The second-order valence-corrected chi connectivity index (χ2v) is 4.53. The number of aromatic amines is 1. The standard InChI is InChI=1S/C14H11N5O2/c15-14-16-4-3-10(18-14)9-6-17-19-13(9)8-1-2-11-12(5-8)21-7-20-11/h1-6H,7H2,(H,17,19)(H2,15,16,18). The van der Waals surface area contributed by atoms with E-state index in [-0.39, 0.29) is 12.7 Å². The van der Waals surface area contributed by atoms with E-state index in [9.17, 15) is 0 Å². The van der Waals surface area contributed by atoms with Crippen LogP contribution in [0.3, 0.4) is 0 Å². The third-order valence-corrected chi connectivity index (χ3v) is 3.25. The lowest BCUT2D eigenvalue weighted by Gasteiger charge is -2.04. The molecule has 0 saturated carbocycles. The Hall–Kier alpha value is -3.09. The minimum Gasteiger partial charge on any atom is -0.454 e. The van der Waals surface area contributed by atoms with E-state index in [1.807, 2.05) is 18.2 Å². The van der Waals surface area contributed by atoms with Crippen LogP contribution in [0.2, 0.25) is 0 Å². The number of nitrogen functional groups attached to an aromatic ring is 1. The van der Waals surface area contributed by atoms with E-state index in [4.69, 9.17) is 15.2 Å². The van der Waals surface area contributed by atoms with E-state index >= 15 is 0 Å². The number of benzene rings is 1. The van der Waals surface area contributed by atoms with Crippen molar-refractivity contribution in [2.75, 3.05) is 12.5 Å². The Balaban J connectivity index is 1.82. The molecule has 0 bridgehead atoms. The molecule has 3 N–H and O–H groups in total. The summed E-state index contributed by atoms with van der Waals surface area (Å²) in [4.78, 5) is 8.12. The van der Waals surface area contributed by atoms with Crippen molar-refractivity contribution < 1.29 is 9.47 Å². The number of nitrogens with zero attached hydrogens (tertiary/aromatic N) is 3. The number of hydrogen-bond acceptors (Lipinski definition) is 6. The van der Waals surface area contributed by atoms with Crippen molar-refractivity contribution in [3.05, 3.63) is 36.7 Å². The van der Waals surface area contributed by atoms with E-state index in [1.165, 1.54) is 0 Å². The average Bonchev–Trinajstić information content (AvgIpc) is 3.15. The van der Waals surface area contributed by atoms with Gasteiger partial charge in [-0.25, -0.2) is 9.97 Å². The van der Waals surface area contributed by atoms with Crippen molar-refractivity contribution in [3.63, 3.8) is 0 Å². The topological polar surface area (TPSA) is 98.9 Å². The SMILES string of the molecule is Nc1nccc(-c2cn[nH]c2-c2ccc3c(c2)OCO3)n1. The first-order valence-electron chi connectivity index (χ1n) is 6.33. The van der Waals surface area contributed by atoms with Crippen LogP contribution in [-0.2, 0) is 0 Å². The number of H-pyrrole nitrogens is 1. The van der Waals surface area contributed by atoms with Gasteiger partial charge in [-0.15, -0.1) is 0 Å². The number of anilines is 1. The molecule has 1 aliphatic heterocycles.